The fourth-order valence-corrected chi connectivity index (χ4v) is 3.23. The lowest BCUT2D eigenvalue weighted by molar-refractivity contribution is -0.396. The summed E-state index contributed by atoms with van der Waals surface area (Å²) in [4.78, 5) is 0. The molecule has 0 aliphatic rings. The van der Waals surface area contributed by atoms with Crippen LogP contribution in [-0.4, -0.2) is 113 Å². The molecular formula is C26H36F4O10. The maximum absolute atomic E-state index is 13.8. The van der Waals surface area contributed by atoms with Crippen LogP contribution in [0.5, 0.6) is 0 Å². The number of aliphatic hydroxyl groups is 3. The third-order valence-electron chi connectivity index (χ3n) is 4.94. The van der Waals surface area contributed by atoms with Gasteiger partial charge in [0.15, 0.2) is 0 Å². The molecule has 2 atom stereocenters. The van der Waals surface area contributed by atoms with E-state index in [2.05, 4.69) is 9.47 Å². The minimum absolute atomic E-state index is 0.0163. The molecule has 3 N–H and O–H groups in total. The highest BCUT2D eigenvalue weighted by atomic mass is 19.3. The smallest absolute Gasteiger partial charge is 0.383 e. The van der Waals surface area contributed by atoms with Crippen molar-refractivity contribution in [3.8, 4) is 0 Å². The number of rotatable bonds is 23. The van der Waals surface area contributed by atoms with Crippen LogP contribution in [0.15, 0.2) is 42.5 Å². The van der Waals surface area contributed by atoms with Gasteiger partial charge in [-0.2, -0.15) is 17.6 Å². The Morgan fingerprint density at radius 3 is 1.90 bits per heavy atom. The standard InChI is InChI=1S/C26H36F4O10/c27-25(28,17-38-12-20-5-6-21-3-1-2-4-22(21)11-20)40-26(29,30)18-39-19-36-10-9-35-14-24(33)16-37-15-23(32)13-34-8-7-31/h1-6,11,23-24,31-33H,7-10,12-19H2. The number of hydrogen-bond acceptors (Lipinski definition) is 10. The molecule has 0 aliphatic heterocycles. The summed E-state index contributed by atoms with van der Waals surface area (Å²) in [5.41, 5.74) is 0.602. The Morgan fingerprint density at radius 1 is 0.650 bits per heavy atom. The summed E-state index contributed by atoms with van der Waals surface area (Å²) in [6, 6.07) is 12.7. The molecule has 0 radical (unpaired) electrons. The lowest BCUT2D eigenvalue weighted by Gasteiger charge is -2.23. The Morgan fingerprint density at radius 2 is 1.23 bits per heavy atom. The number of aliphatic hydroxyl groups excluding tert-OH is 3. The van der Waals surface area contributed by atoms with Gasteiger partial charge in [0.25, 0.3) is 0 Å². The van der Waals surface area contributed by atoms with Crippen molar-refractivity contribution in [1.29, 1.82) is 0 Å². The summed E-state index contributed by atoms with van der Waals surface area (Å²) in [6.45, 7) is -4.20. The summed E-state index contributed by atoms with van der Waals surface area (Å²) in [5.74, 6) is 0. The van der Waals surface area contributed by atoms with Crippen LogP contribution in [0.25, 0.3) is 10.8 Å². The maximum atomic E-state index is 13.8. The second kappa shape index (κ2) is 18.5. The normalized spacial score (nSPS) is 14.1. The lowest BCUT2D eigenvalue weighted by Crippen LogP contribution is -2.39. The molecule has 0 aromatic heterocycles. The number of benzene rings is 2. The van der Waals surface area contributed by atoms with E-state index in [0.717, 1.165) is 10.8 Å². The highest BCUT2D eigenvalue weighted by Crippen LogP contribution is 2.28. The van der Waals surface area contributed by atoms with Crippen LogP contribution < -0.4 is 0 Å². The molecule has 228 valence electrons. The van der Waals surface area contributed by atoms with E-state index in [9.17, 15) is 27.8 Å². The van der Waals surface area contributed by atoms with E-state index < -0.39 is 44.4 Å². The Bertz CT molecular complexity index is 953. The van der Waals surface area contributed by atoms with Gasteiger partial charge in [-0.25, -0.2) is 0 Å². The largest absolute Gasteiger partial charge is 0.394 e. The first-order valence-electron chi connectivity index (χ1n) is 12.5. The zero-order valence-corrected chi connectivity index (χ0v) is 21.9. The van der Waals surface area contributed by atoms with E-state index in [1.165, 1.54) is 0 Å². The third-order valence-corrected chi connectivity index (χ3v) is 4.94. The molecule has 0 fully saturated rings. The van der Waals surface area contributed by atoms with Crippen LogP contribution >= 0.6 is 0 Å². The Labute approximate surface area is 229 Å². The van der Waals surface area contributed by atoms with Crippen molar-refractivity contribution < 1.29 is 66.0 Å². The van der Waals surface area contributed by atoms with Gasteiger partial charge < -0.3 is 43.7 Å². The molecule has 0 aliphatic carbocycles. The van der Waals surface area contributed by atoms with Crippen LogP contribution in [0.3, 0.4) is 0 Å². The van der Waals surface area contributed by atoms with Gasteiger partial charge in [0.05, 0.1) is 59.5 Å². The summed E-state index contributed by atoms with van der Waals surface area (Å²) in [5, 5.41) is 29.7. The van der Waals surface area contributed by atoms with Gasteiger partial charge in [-0.1, -0.05) is 36.4 Å². The van der Waals surface area contributed by atoms with Gasteiger partial charge in [0.2, 0.25) is 0 Å². The molecule has 14 heteroatoms. The van der Waals surface area contributed by atoms with Gasteiger partial charge in [-0.3, -0.25) is 4.74 Å². The Balaban J connectivity index is 1.49. The molecular weight excluding hydrogens is 548 g/mol. The van der Waals surface area contributed by atoms with E-state index in [1.54, 1.807) is 18.2 Å². The second-order valence-corrected chi connectivity index (χ2v) is 8.64. The molecule has 2 aromatic carbocycles. The van der Waals surface area contributed by atoms with Gasteiger partial charge >= 0.3 is 12.2 Å². The van der Waals surface area contributed by atoms with E-state index in [0.29, 0.717) is 5.56 Å². The molecule has 0 heterocycles. The number of halogens is 4. The second-order valence-electron chi connectivity index (χ2n) is 8.64. The van der Waals surface area contributed by atoms with E-state index in [4.69, 9.17) is 28.8 Å². The summed E-state index contributed by atoms with van der Waals surface area (Å²) in [7, 11) is 0. The van der Waals surface area contributed by atoms with Crippen LogP contribution in [0, 0.1) is 0 Å². The summed E-state index contributed by atoms with van der Waals surface area (Å²) >= 11 is 0. The molecule has 0 saturated carbocycles. The first-order chi connectivity index (χ1) is 19.1. The van der Waals surface area contributed by atoms with Crippen molar-refractivity contribution in [3.05, 3.63) is 48.0 Å². The topological polar surface area (TPSA) is 125 Å². The minimum Gasteiger partial charge on any atom is -0.394 e. The quantitative estimate of drug-likeness (QED) is 0.102. The van der Waals surface area contributed by atoms with Crippen LogP contribution in [0.4, 0.5) is 17.6 Å². The van der Waals surface area contributed by atoms with Gasteiger partial charge in [-0.15, -0.1) is 0 Å². The zero-order chi connectivity index (χ0) is 29.3. The monoisotopic (exact) mass is 584 g/mol. The van der Waals surface area contributed by atoms with Crippen LogP contribution in [-0.2, 0) is 39.8 Å². The predicted octanol–water partition coefficient (Wildman–Crippen LogP) is 2.31. The molecule has 2 rings (SSSR count). The molecule has 40 heavy (non-hydrogen) atoms. The minimum atomic E-state index is -4.29. The lowest BCUT2D eigenvalue weighted by atomic mass is 10.1. The summed E-state index contributed by atoms with van der Waals surface area (Å²) in [6.07, 6.45) is -10.4. The SMILES string of the molecule is OCCOCC(O)COCC(O)COCCOCOCC(F)(F)OC(F)(F)COCc1ccc2ccccc2c1. The number of ether oxygens (including phenoxy) is 7. The average Bonchev–Trinajstić information content (AvgIpc) is 2.89. The van der Waals surface area contributed by atoms with Crippen molar-refractivity contribution in [2.24, 2.45) is 0 Å². The fraction of sp³-hybridized carbons (Fsp3) is 0.615. The van der Waals surface area contributed by atoms with Gasteiger partial charge in [-0.05, 0) is 22.4 Å². The highest BCUT2D eigenvalue weighted by molar-refractivity contribution is 5.82. The van der Waals surface area contributed by atoms with Crippen molar-refractivity contribution in [3.63, 3.8) is 0 Å². The Kier molecular flexibility index (Phi) is 15.8. The van der Waals surface area contributed by atoms with Crippen molar-refractivity contribution in [2.75, 3.05) is 72.9 Å². The molecule has 0 saturated heterocycles. The van der Waals surface area contributed by atoms with Crippen molar-refractivity contribution >= 4 is 10.8 Å². The number of alkyl halides is 4. The molecule has 0 spiro atoms. The number of hydrogen-bond donors (Lipinski definition) is 3. The predicted molar refractivity (Wildman–Crippen MR) is 133 cm³/mol. The molecule has 2 unspecified atom stereocenters. The zero-order valence-electron chi connectivity index (χ0n) is 21.9. The highest BCUT2D eigenvalue weighted by Gasteiger charge is 2.44. The molecule has 0 amide bonds. The van der Waals surface area contributed by atoms with E-state index in [1.807, 2.05) is 24.3 Å². The first kappa shape index (κ1) is 34.2. The van der Waals surface area contributed by atoms with Crippen molar-refractivity contribution in [1.82, 2.24) is 0 Å². The molecule has 0 bridgehead atoms. The van der Waals surface area contributed by atoms with E-state index >= 15 is 0 Å². The van der Waals surface area contributed by atoms with Gasteiger partial charge in [0.1, 0.15) is 32.2 Å². The fourth-order valence-electron chi connectivity index (χ4n) is 3.23. The Hall–Kier alpha value is -1.98. The van der Waals surface area contributed by atoms with Gasteiger partial charge in [0, 0.05) is 0 Å². The summed E-state index contributed by atoms with van der Waals surface area (Å²) < 4.78 is 88.3. The average molecular weight is 585 g/mol. The molecule has 2 aromatic rings. The maximum Gasteiger partial charge on any atom is 0.383 e. The van der Waals surface area contributed by atoms with Crippen LogP contribution in [0.1, 0.15) is 5.56 Å². The van der Waals surface area contributed by atoms with Crippen molar-refractivity contribution in [2.45, 2.75) is 31.0 Å². The number of fused-ring (bicyclic) bond motifs is 1. The van der Waals surface area contributed by atoms with Crippen LogP contribution in [0.2, 0.25) is 0 Å². The molecule has 10 nitrogen and oxygen atoms in total. The third kappa shape index (κ3) is 15.1. The first-order valence-corrected chi connectivity index (χ1v) is 12.5. The van der Waals surface area contributed by atoms with E-state index in [-0.39, 0.29) is 59.5 Å².